The SMILES string of the molecule is C1=C=CN=CCC=1. The van der Waals surface area contributed by atoms with Crippen LogP contribution in [0.3, 0.4) is 0 Å². The highest BCUT2D eigenvalue weighted by molar-refractivity contribution is 5.60. The fourth-order valence-electron chi connectivity index (χ4n) is 0.359. The fraction of sp³-hybridized carbons (Fsp3) is 0.167. The van der Waals surface area contributed by atoms with E-state index in [0.717, 1.165) is 6.42 Å². The molecular formula is C6H5N. The highest BCUT2D eigenvalue weighted by Crippen LogP contribution is 1.79. The predicted molar refractivity (Wildman–Crippen MR) is 29.3 cm³/mol. The summed E-state index contributed by atoms with van der Waals surface area (Å²) in [5.41, 5.74) is 5.51. The van der Waals surface area contributed by atoms with Crippen LogP contribution in [0.4, 0.5) is 0 Å². The Kier molecular flexibility index (Phi) is 1.30. The van der Waals surface area contributed by atoms with Crippen molar-refractivity contribution in [3.8, 4) is 0 Å². The Balaban J connectivity index is 2.88. The maximum atomic E-state index is 3.82. The third kappa shape index (κ3) is 1.23. The van der Waals surface area contributed by atoms with E-state index >= 15 is 0 Å². The van der Waals surface area contributed by atoms with Gasteiger partial charge in [0.1, 0.15) is 0 Å². The van der Waals surface area contributed by atoms with Gasteiger partial charge in [0.2, 0.25) is 0 Å². The summed E-state index contributed by atoms with van der Waals surface area (Å²) in [6, 6.07) is 0. The molecule has 1 nitrogen and oxygen atoms in total. The minimum Gasteiger partial charge on any atom is -0.260 e. The molecule has 1 heteroatoms. The van der Waals surface area contributed by atoms with Crippen LogP contribution in [-0.2, 0) is 0 Å². The van der Waals surface area contributed by atoms with Gasteiger partial charge in [-0.05, 0) is 6.08 Å². The molecule has 0 amide bonds. The van der Waals surface area contributed by atoms with Crippen molar-refractivity contribution >= 4 is 6.21 Å². The maximum absolute atomic E-state index is 3.82. The maximum Gasteiger partial charge on any atom is 0.0766 e. The molecule has 0 bridgehead atoms. The van der Waals surface area contributed by atoms with Crippen molar-refractivity contribution in [1.82, 2.24) is 0 Å². The molecule has 0 spiro atoms. The van der Waals surface area contributed by atoms with Crippen molar-refractivity contribution in [1.29, 1.82) is 0 Å². The third-order valence-electron chi connectivity index (χ3n) is 0.653. The van der Waals surface area contributed by atoms with Gasteiger partial charge in [-0.1, -0.05) is 11.5 Å². The molecule has 0 unspecified atom stereocenters. The molecule has 1 aliphatic rings. The first-order chi connectivity index (χ1) is 3.50. The van der Waals surface area contributed by atoms with E-state index in [0.29, 0.717) is 0 Å². The molecule has 0 fully saturated rings. The molecule has 0 N–H and O–H groups in total. The third-order valence-corrected chi connectivity index (χ3v) is 0.653. The second-order valence-corrected chi connectivity index (χ2v) is 1.19. The molecule has 1 rings (SSSR count). The molecule has 34 valence electrons. The second-order valence-electron chi connectivity index (χ2n) is 1.19. The van der Waals surface area contributed by atoms with Gasteiger partial charge in [0.15, 0.2) is 0 Å². The van der Waals surface area contributed by atoms with Gasteiger partial charge in [-0.2, -0.15) is 0 Å². The number of hydrogen-bond donors (Lipinski definition) is 0. The number of nitrogens with zero attached hydrogens (tertiary/aromatic N) is 1. The van der Waals surface area contributed by atoms with Gasteiger partial charge in [0.25, 0.3) is 0 Å². The first-order valence-corrected chi connectivity index (χ1v) is 2.16. The van der Waals surface area contributed by atoms with Crippen molar-refractivity contribution in [3.05, 3.63) is 23.7 Å². The van der Waals surface area contributed by atoms with Gasteiger partial charge in [0, 0.05) is 12.6 Å². The van der Waals surface area contributed by atoms with Crippen LogP contribution >= 0.6 is 0 Å². The van der Waals surface area contributed by atoms with Crippen LogP contribution in [0, 0.1) is 0 Å². The number of aliphatic imine (C=N–C) groups is 1. The molecule has 1 heterocycles. The predicted octanol–water partition coefficient (Wildman–Crippen LogP) is 1.28. The van der Waals surface area contributed by atoms with Gasteiger partial charge >= 0.3 is 0 Å². The van der Waals surface area contributed by atoms with E-state index in [1.165, 1.54) is 0 Å². The lowest BCUT2D eigenvalue weighted by atomic mass is 10.4. The quantitative estimate of drug-likeness (QED) is 0.398. The van der Waals surface area contributed by atoms with E-state index in [2.05, 4.69) is 16.5 Å². The van der Waals surface area contributed by atoms with Crippen LogP contribution in [0.2, 0.25) is 0 Å². The standard InChI is InChI=1S/C6H5N/c1-2-4-6-7-5-3-1/h1,5-6H,3H2. The molecule has 0 aromatic rings. The fourth-order valence-corrected chi connectivity index (χ4v) is 0.359. The van der Waals surface area contributed by atoms with E-state index in [1.54, 1.807) is 6.20 Å². The summed E-state index contributed by atoms with van der Waals surface area (Å²) in [6.07, 6.45) is 6.17. The zero-order valence-corrected chi connectivity index (χ0v) is 3.89. The van der Waals surface area contributed by atoms with E-state index in [1.807, 2.05) is 12.3 Å². The summed E-state index contributed by atoms with van der Waals surface area (Å²) in [6.45, 7) is 0. The Labute approximate surface area is 42.4 Å². The highest BCUT2D eigenvalue weighted by Gasteiger charge is 1.68. The lowest BCUT2D eigenvalue weighted by Gasteiger charge is -1.67. The molecule has 7 heavy (non-hydrogen) atoms. The Morgan fingerprint density at radius 2 is 2.43 bits per heavy atom. The van der Waals surface area contributed by atoms with Crippen LogP contribution in [0.15, 0.2) is 28.7 Å². The zero-order valence-electron chi connectivity index (χ0n) is 3.89. The number of allylic oxidation sites excluding steroid dienone is 1. The first kappa shape index (κ1) is 4.14. The van der Waals surface area contributed by atoms with Gasteiger partial charge in [-0.25, -0.2) is 0 Å². The Hall–Kier alpha value is -1.03. The van der Waals surface area contributed by atoms with Crippen molar-refractivity contribution in [2.45, 2.75) is 6.42 Å². The van der Waals surface area contributed by atoms with Crippen LogP contribution < -0.4 is 0 Å². The van der Waals surface area contributed by atoms with E-state index in [-0.39, 0.29) is 0 Å². The first-order valence-electron chi connectivity index (χ1n) is 2.16. The largest absolute Gasteiger partial charge is 0.260 e. The van der Waals surface area contributed by atoms with Crippen LogP contribution in [0.1, 0.15) is 6.42 Å². The highest BCUT2D eigenvalue weighted by atomic mass is 14.7. The van der Waals surface area contributed by atoms with Gasteiger partial charge in [-0.3, -0.25) is 4.99 Å². The summed E-state index contributed by atoms with van der Waals surface area (Å²) in [7, 11) is 0. The summed E-state index contributed by atoms with van der Waals surface area (Å²) in [5.74, 6) is 0. The lowest BCUT2D eigenvalue weighted by molar-refractivity contribution is 1.50. The molecule has 0 atom stereocenters. The van der Waals surface area contributed by atoms with Crippen molar-refractivity contribution in [2.75, 3.05) is 0 Å². The van der Waals surface area contributed by atoms with Crippen molar-refractivity contribution < 1.29 is 0 Å². The topological polar surface area (TPSA) is 12.4 Å². The molecule has 0 aliphatic carbocycles. The van der Waals surface area contributed by atoms with E-state index < -0.39 is 0 Å². The molecular weight excluding hydrogens is 86.1 g/mol. The van der Waals surface area contributed by atoms with Crippen molar-refractivity contribution in [3.63, 3.8) is 0 Å². The molecule has 0 saturated heterocycles. The Bertz CT molecular complexity index is 165. The van der Waals surface area contributed by atoms with Crippen LogP contribution in [0.25, 0.3) is 0 Å². The number of rotatable bonds is 0. The zero-order chi connectivity index (χ0) is 4.95. The average Bonchev–Trinajstić information content (AvgIpc) is 1.90. The van der Waals surface area contributed by atoms with Crippen LogP contribution in [0.5, 0.6) is 0 Å². The lowest BCUT2D eigenvalue weighted by Crippen LogP contribution is -1.61. The molecule has 0 saturated carbocycles. The minimum absolute atomic E-state index is 0.878. The average molecular weight is 91.1 g/mol. The summed E-state index contributed by atoms with van der Waals surface area (Å²) in [5, 5.41) is 0. The van der Waals surface area contributed by atoms with E-state index in [4.69, 9.17) is 0 Å². The Morgan fingerprint density at radius 1 is 1.43 bits per heavy atom. The van der Waals surface area contributed by atoms with Crippen LogP contribution in [-0.4, -0.2) is 6.21 Å². The molecule has 0 radical (unpaired) electrons. The van der Waals surface area contributed by atoms with Gasteiger partial charge in [-0.15, -0.1) is 0 Å². The molecule has 1 aliphatic heterocycles. The summed E-state index contributed by atoms with van der Waals surface area (Å²) in [4.78, 5) is 3.82. The van der Waals surface area contributed by atoms with Crippen molar-refractivity contribution in [2.24, 2.45) is 4.99 Å². The minimum atomic E-state index is 0.878. The second kappa shape index (κ2) is 2.20. The van der Waals surface area contributed by atoms with Gasteiger partial charge < -0.3 is 0 Å². The normalized spacial score (nSPS) is 14.9. The number of hydrogen-bond acceptors (Lipinski definition) is 1. The molecule has 0 aromatic heterocycles. The van der Waals surface area contributed by atoms with E-state index in [9.17, 15) is 0 Å². The summed E-state index contributed by atoms with van der Waals surface area (Å²) >= 11 is 0. The monoisotopic (exact) mass is 91.0 g/mol. The van der Waals surface area contributed by atoms with Gasteiger partial charge in [0.05, 0.1) is 6.20 Å². The Morgan fingerprint density at radius 3 is 3.43 bits per heavy atom. The molecule has 0 aromatic carbocycles. The smallest absolute Gasteiger partial charge is 0.0766 e. The summed E-state index contributed by atoms with van der Waals surface area (Å²) < 4.78 is 0.